The van der Waals surface area contributed by atoms with Crippen LogP contribution in [0.3, 0.4) is 0 Å². The second-order valence-electron chi connectivity index (χ2n) is 8.49. The van der Waals surface area contributed by atoms with Crippen LogP contribution in [0.25, 0.3) is 10.2 Å². The third kappa shape index (κ3) is 4.72. The molecule has 1 N–H and O–H groups in total. The van der Waals surface area contributed by atoms with Crippen molar-refractivity contribution in [2.75, 3.05) is 25.0 Å². The van der Waals surface area contributed by atoms with Crippen LogP contribution in [0.2, 0.25) is 0 Å². The molecular formula is C22H32N4O2S. The zero-order valence-corrected chi connectivity index (χ0v) is 18.4. The zero-order valence-electron chi connectivity index (χ0n) is 17.6. The number of thiophene rings is 1. The number of hydrogen-bond donors (Lipinski definition) is 1. The summed E-state index contributed by atoms with van der Waals surface area (Å²) in [5, 5.41) is 13.1. The molecule has 0 radical (unpaired) electrons. The van der Waals surface area contributed by atoms with Gasteiger partial charge in [0.2, 0.25) is 5.91 Å². The van der Waals surface area contributed by atoms with Crippen molar-refractivity contribution in [3.8, 4) is 0 Å². The van der Waals surface area contributed by atoms with Gasteiger partial charge in [0.05, 0.1) is 17.9 Å². The lowest BCUT2D eigenvalue weighted by atomic mass is 10.1. The number of fused-ring (bicyclic) bond motifs is 1. The van der Waals surface area contributed by atoms with Crippen molar-refractivity contribution >= 4 is 33.3 Å². The lowest BCUT2D eigenvalue weighted by Crippen LogP contribution is -2.41. The van der Waals surface area contributed by atoms with E-state index < -0.39 is 0 Å². The summed E-state index contributed by atoms with van der Waals surface area (Å²) in [7, 11) is 2.13. The number of rotatable bonds is 8. The quantitative estimate of drug-likeness (QED) is 0.667. The van der Waals surface area contributed by atoms with Crippen LogP contribution in [0.5, 0.6) is 0 Å². The van der Waals surface area contributed by atoms with Gasteiger partial charge in [-0.25, -0.2) is 9.97 Å². The highest BCUT2D eigenvalue weighted by molar-refractivity contribution is 7.17. The molecular weight excluding hydrogens is 384 g/mol. The molecule has 2 aliphatic rings. The number of piperidine rings is 1. The highest BCUT2D eigenvalue weighted by Gasteiger charge is 2.30. The highest BCUT2D eigenvalue weighted by Crippen LogP contribution is 2.37. The van der Waals surface area contributed by atoms with Crippen molar-refractivity contribution in [2.24, 2.45) is 0 Å². The van der Waals surface area contributed by atoms with Crippen LogP contribution >= 0.6 is 11.3 Å². The Balaban J connectivity index is 1.59. The van der Waals surface area contributed by atoms with E-state index in [-0.39, 0.29) is 18.4 Å². The first-order chi connectivity index (χ1) is 14.1. The SMILES string of the molecule is CCCCCc1csc2nc(CC(=O)N3CCC(O)CC3)nc(N(C)C3CC3)c12. The molecule has 1 aliphatic carbocycles. The minimum absolute atomic E-state index is 0.0657. The van der Waals surface area contributed by atoms with Crippen LogP contribution in [0.1, 0.15) is 63.3 Å². The average molecular weight is 417 g/mol. The number of aliphatic hydroxyl groups is 1. The van der Waals surface area contributed by atoms with Gasteiger partial charge >= 0.3 is 0 Å². The summed E-state index contributed by atoms with van der Waals surface area (Å²) in [6.45, 7) is 3.47. The maximum atomic E-state index is 12.8. The molecule has 0 aromatic carbocycles. The molecule has 0 bridgehead atoms. The van der Waals surface area contributed by atoms with Crippen LogP contribution in [-0.4, -0.2) is 58.2 Å². The molecule has 29 heavy (non-hydrogen) atoms. The molecule has 2 aromatic rings. The van der Waals surface area contributed by atoms with Gasteiger partial charge in [-0.2, -0.15) is 0 Å². The molecule has 0 spiro atoms. The van der Waals surface area contributed by atoms with E-state index in [9.17, 15) is 9.90 Å². The van der Waals surface area contributed by atoms with Crippen LogP contribution < -0.4 is 4.90 Å². The molecule has 1 amide bonds. The monoisotopic (exact) mass is 416 g/mol. The summed E-state index contributed by atoms with van der Waals surface area (Å²) in [5.41, 5.74) is 1.35. The van der Waals surface area contributed by atoms with E-state index in [4.69, 9.17) is 9.97 Å². The van der Waals surface area contributed by atoms with E-state index in [2.05, 4.69) is 24.3 Å². The number of aliphatic hydroxyl groups excluding tert-OH is 1. The molecule has 3 heterocycles. The smallest absolute Gasteiger partial charge is 0.230 e. The highest BCUT2D eigenvalue weighted by atomic mass is 32.1. The summed E-state index contributed by atoms with van der Waals surface area (Å²) < 4.78 is 0. The third-order valence-electron chi connectivity index (χ3n) is 6.14. The van der Waals surface area contributed by atoms with Gasteiger partial charge in [-0.05, 0) is 49.5 Å². The number of amides is 1. The van der Waals surface area contributed by atoms with Crippen molar-refractivity contribution in [1.82, 2.24) is 14.9 Å². The number of carbonyl (C=O) groups is 1. The second kappa shape index (κ2) is 8.96. The van der Waals surface area contributed by atoms with Gasteiger partial charge in [0.15, 0.2) is 0 Å². The zero-order chi connectivity index (χ0) is 20.4. The number of aryl methyl sites for hydroxylation is 1. The third-order valence-corrected chi connectivity index (χ3v) is 7.06. The summed E-state index contributed by atoms with van der Waals surface area (Å²) in [6.07, 6.45) is 8.41. The Kier molecular flexibility index (Phi) is 6.35. The molecule has 0 atom stereocenters. The van der Waals surface area contributed by atoms with Gasteiger partial charge in [0, 0.05) is 26.2 Å². The van der Waals surface area contributed by atoms with Crippen molar-refractivity contribution in [3.05, 3.63) is 16.8 Å². The predicted octanol–water partition coefficient (Wildman–Crippen LogP) is 3.55. The molecule has 158 valence electrons. The molecule has 7 heteroatoms. The minimum Gasteiger partial charge on any atom is -0.393 e. The van der Waals surface area contributed by atoms with Gasteiger partial charge in [0.1, 0.15) is 16.5 Å². The fourth-order valence-corrected chi connectivity index (χ4v) is 5.09. The van der Waals surface area contributed by atoms with Gasteiger partial charge in [0.25, 0.3) is 0 Å². The lowest BCUT2D eigenvalue weighted by molar-refractivity contribution is -0.132. The van der Waals surface area contributed by atoms with E-state index in [1.54, 1.807) is 11.3 Å². The summed E-state index contributed by atoms with van der Waals surface area (Å²) in [6, 6.07) is 0.559. The van der Waals surface area contributed by atoms with Gasteiger partial charge in [-0.15, -0.1) is 11.3 Å². The van der Waals surface area contributed by atoms with Crippen LogP contribution in [-0.2, 0) is 17.6 Å². The van der Waals surface area contributed by atoms with Gasteiger partial charge < -0.3 is 14.9 Å². The fraction of sp³-hybridized carbons (Fsp3) is 0.682. The van der Waals surface area contributed by atoms with Crippen LogP contribution in [0.15, 0.2) is 5.38 Å². The first-order valence-electron chi connectivity index (χ1n) is 11.0. The Bertz CT molecular complexity index is 856. The number of aromatic nitrogens is 2. The Labute approximate surface area is 176 Å². The maximum Gasteiger partial charge on any atom is 0.230 e. The number of anilines is 1. The number of carbonyl (C=O) groups excluding carboxylic acids is 1. The van der Waals surface area contributed by atoms with E-state index in [0.717, 1.165) is 17.1 Å². The Morgan fingerprint density at radius 2 is 2.00 bits per heavy atom. The van der Waals surface area contributed by atoms with Gasteiger partial charge in [-0.3, -0.25) is 4.79 Å². The summed E-state index contributed by atoms with van der Waals surface area (Å²) in [5.74, 6) is 1.69. The number of likely N-dealkylation sites (tertiary alicyclic amines) is 1. The summed E-state index contributed by atoms with van der Waals surface area (Å²) in [4.78, 5) is 27.6. The number of hydrogen-bond acceptors (Lipinski definition) is 6. The Morgan fingerprint density at radius 1 is 1.24 bits per heavy atom. The molecule has 1 saturated heterocycles. The van der Waals surface area contributed by atoms with Gasteiger partial charge in [-0.1, -0.05) is 19.8 Å². The van der Waals surface area contributed by atoms with Crippen molar-refractivity contribution < 1.29 is 9.90 Å². The number of nitrogens with zero attached hydrogens (tertiary/aromatic N) is 4. The maximum absolute atomic E-state index is 12.8. The largest absolute Gasteiger partial charge is 0.393 e. The Morgan fingerprint density at radius 3 is 2.69 bits per heavy atom. The summed E-state index contributed by atoms with van der Waals surface area (Å²) >= 11 is 1.68. The second-order valence-corrected chi connectivity index (χ2v) is 9.35. The average Bonchev–Trinajstić information content (AvgIpc) is 3.49. The molecule has 0 unspecified atom stereocenters. The molecule has 6 nitrogen and oxygen atoms in total. The van der Waals surface area contributed by atoms with Crippen molar-refractivity contribution in [2.45, 2.75) is 76.9 Å². The standard InChI is InChI=1S/C22H32N4O2S/c1-3-4-5-6-15-14-29-22-20(15)21(25(2)16-7-8-16)23-18(24-22)13-19(28)26-11-9-17(27)10-12-26/h14,16-17,27H,3-13H2,1-2H3. The fourth-order valence-electron chi connectivity index (χ4n) is 4.10. The Hall–Kier alpha value is -1.73. The van der Waals surface area contributed by atoms with Crippen molar-refractivity contribution in [3.63, 3.8) is 0 Å². The molecule has 2 fully saturated rings. The van der Waals surface area contributed by atoms with Crippen LogP contribution in [0.4, 0.5) is 5.82 Å². The van der Waals surface area contributed by atoms with Crippen LogP contribution in [0, 0.1) is 0 Å². The minimum atomic E-state index is -0.275. The van der Waals surface area contributed by atoms with E-state index in [1.165, 1.54) is 43.1 Å². The predicted molar refractivity (Wildman–Crippen MR) is 118 cm³/mol. The van der Waals surface area contributed by atoms with Crippen molar-refractivity contribution in [1.29, 1.82) is 0 Å². The number of unbranched alkanes of at least 4 members (excludes halogenated alkanes) is 2. The van der Waals surface area contributed by atoms with E-state index >= 15 is 0 Å². The first kappa shape index (κ1) is 20.5. The normalized spacial score (nSPS) is 17.8. The van der Waals surface area contributed by atoms with E-state index in [0.29, 0.717) is 37.8 Å². The molecule has 2 aromatic heterocycles. The topological polar surface area (TPSA) is 69.6 Å². The van der Waals surface area contributed by atoms with E-state index in [1.807, 2.05) is 4.90 Å². The lowest BCUT2D eigenvalue weighted by Gasteiger charge is -2.29. The first-order valence-corrected chi connectivity index (χ1v) is 11.9. The molecule has 1 aliphatic heterocycles. The molecule has 1 saturated carbocycles. The molecule has 4 rings (SSSR count).